The molecule has 0 atom stereocenters. The molecule has 0 saturated carbocycles. The molecule has 3 heteroatoms. The van der Waals surface area contributed by atoms with Crippen molar-refractivity contribution in [2.45, 2.75) is 20.4 Å². The van der Waals surface area contributed by atoms with E-state index in [0.717, 1.165) is 22.7 Å². The summed E-state index contributed by atoms with van der Waals surface area (Å²) in [5, 5.41) is 3.36. The zero-order valence-electron chi connectivity index (χ0n) is 11.7. The van der Waals surface area contributed by atoms with Gasteiger partial charge in [0, 0.05) is 12.1 Å². The van der Waals surface area contributed by atoms with Crippen LogP contribution in [0.4, 0.5) is 11.4 Å². The second-order valence-electron chi connectivity index (χ2n) is 4.70. The van der Waals surface area contributed by atoms with Crippen molar-refractivity contribution >= 4 is 11.4 Å². The molecule has 0 aliphatic rings. The molecule has 0 unspecified atom stereocenters. The van der Waals surface area contributed by atoms with Crippen LogP contribution < -0.4 is 15.8 Å². The standard InChI is InChI=1S/C16H20N2O/c1-11-8-12(2)13(16(9-11)19-3)10-18-15-7-5-4-6-14(15)17/h4-9,18H,10,17H2,1-3H3. The number of nitrogens with two attached hydrogens (primary N) is 1. The van der Waals surface area contributed by atoms with Crippen LogP contribution in [0.25, 0.3) is 0 Å². The number of hydrogen-bond donors (Lipinski definition) is 2. The lowest BCUT2D eigenvalue weighted by Crippen LogP contribution is -2.06. The molecule has 0 radical (unpaired) electrons. The van der Waals surface area contributed by atoms with Gasteiger partial charge in [-0.1, -0.05) is 18.2 Å². The topological polar surface area (TPSA) is 47.3 Å². The van der Waals surface area contributed by atoms with Gasteiger partial charge >= 0.3 is 0 Å². The van der Waals surface area contributed by atoms with Crippen LogP contribution >= 0.6 is 0 Å². The largest absolute Gasteiger partial charge is 0.496 e. The van der Waals surface area contributed by atoms with Crippen molar-refractivity contribution in [2.24, 2.45) is 0 Å². The van der Waals surface area contributed by atoms with Gasteiger partial charge in [-0.05, 0) is 43.2 Å². The van der Waals surface area contributed by atoms with Crippen LogP contribution in [-0.4, -0.2) is 7.11 Å². The summed E-state index contributed by atoms with van der Waals surface area (Å²) in [7, 11) is 1.70. The molecule has 100 valence electrons. The second kappa shape index (κ2) is 5.65. The van der Waals surface area contributed by atoms with Gasteiger partial charge in [-0.15, -0.1) is 0 Å². The van der Waals surface area contributed by atoms with Crippen LogP contribution in [0.15, 0.2) is 36.4 Å². The summed E-state index contributed by atoms with van der Waals surface area (Å²) in [4.78, 5) is 0. The third kappa shape index (κ3) is 2.99. The first-order valence-corrected chi connectivity index (χ1v) is 6.34. The summed E-state index contributed by atoms with van der Waals surface area (Å²) in [6, 6.07) is 12.0. The van der Waals surface area contributed by atoms with Crippen molar-refractivity contribution in [3.05, 3.63) is 53.1 Å². The fourth-order valence-corrected chi connectivity index (χ4v) is 2.21. The number of rotatable bonds is 4. The highest BCUT2D eigenvalue weighted by Gasteiger charge is 2.08. The predicted molar refractivity (Wildman–Crippen MR) is 80.6 cm³/mol. The maximum Gasteiger partial charge on any atom is 0.124 e. The zero-order chi connectivity index (χ0) is 13.8. The Morgan fingerprint density at radius 3 is 2.58 bits per heavy atom. The number of methoxy groups -OCH3 is 1. The summed E-state index contributed by atoms with van der Waals surface area (Å²) < 4.78 is 5.45. The number of hydrogen-bond acceptors (Lipinski definition) is 3. The SMILES string of the molecule is COc1cc(C)cc(C)c1CNc1ccccc1N. The van der Waals surface area contributed by atoms with Crippen LogP contribution in [0, 0.1) is 13.8 Å². The van der Waals surface area contributed by atoms with Gasteiger partial charge in [-0.25, -0.2) is 0 Å². The van der Waals surface area contributed by atoms with Gasteiger partial charge < -0.3 is 15.8 Å². The van der Waals surface area contributed by atoms with Gasteiger partial charge in [0.1, 0.15) is 5.75 Å². The minimum absolute atomic E-state index is 0.698. The fraction of sp³-hybridized carbons (Fsp3) is 0.250. The molecule has 3 nitrogen and oxygen atoms in total. The molecule has 2 rings (SSSR count). The molecule has 0 spiro atoms. The number of anilines is 2. The minimum Gasteiger partial charge on any atom is -0.496 e. The normalized spacial score (nSPS) is 10.3. The summed E-state index contributed by atoms with van der Waals surface area (Å²) in [6.45, 7) is 4.87. The second-order valence-corrected chi connectivity index (χ2v) is 4.70. The molecule has 0 bridgehead atoms. The van der Waals surface area contributed by atoms with Crippen molar-refractivity contribution in [3.63, 3.8) is 0 Å². The molecule has 19 heavy (non-hydrogen) atoms. The Hall–Kier alpha value is -2.16. The number of benzene rings is 2. The smallest absolute Gasteiger partial charge is 0.124 e. The lowest BCUT2D eigenvalue weighted by molar-refractivity contribution is 0.409. The van der Waals surface area contributed by atoms with Gasteiger partial charge in [0.25, 0.3) is 0 Å². The highest BCUT2D eigenvalue weighted by Crippen LogP contribution is 2.26. The van der Waals surface area contributed by atoms with E-state index in [1.165, 1.54) is 11.1 Å². The molecular formula is C16H20N2O. The van der Waals surface area contributed by atoms with E-state index in [4.69, 9.17) is 10.5 Å². The van der Waals surface area contributed by atoms with Crippen LogP contribution in [0.3, 0.4) is 0 Å². The lowest BCUT2D eigenvalue weighted by Gasteiger charge is -2.15. The van der Waals surface area contributed by atoms with Gasteiger partial charge in [0.05, 0.1) is 18.5 Å². The van der Waals surface area contributed by atoms with E-state index in [9.17, 15) is 0 Å². The molecule has 0 saturated heterocycles. The Bertz CT molecular complexity index is 579. The molecule has 0 aromatic heterocycles. The predicted octanol–water partition coefficient (Wildman–Crippen LogP) is 3.51. The van der Waals surface area contributed by atoms with E-state index < -0.39 is 0 Å². The number of nitrogens with one attached hydrogen (secondary N) is 1. The first kappa shape index (κ1) is 13.3. The first-order valence-electron chi connectivity index (χ1n) is 6.34. The van der Waals surface area contributed by atoms with Gasteiger partial charge in [-0.3, -0.25) is 0 Å². The van der Waals surface area contributed by atoms with Crippen molar-refractivity contribution in [2.75, 3.05) is 18.2 Å². The highest BCUT2D eigenvalue weighted by molar-refractivity contribution is 5.66. The van der Waals surface area contributed by atoms with E-state index in [1.54, 1.807) is 7.11 Å². The maximum absolute atomic E-state index is 5.92. The molecule has 3 N–H and O–H groups in total. The Morgan fingerprint density at radius 2 is 1.89 bits per heavy atom. The fourth-order valence-electron chi connectivity index (χ4n) is 2.21. The average molecular weight is 256 g/mol. The average Bonchev–Trinajstić information content (AvgIpc) is 2.38. The Morgan fingerprint density at radius 1 is 1.16 bits per heavy atom. The van der Waals surface area contributed by atoms with Crippen molar-refractivity contribution in [3.8, 4) is 5.75 Å². The molecule has 0 aliphatic heterocycles. The van der Waals surface area contributed by atoms with Crippen molar-refractivity contribution < 1.29 is 4.74 Å². The summed E-state index contributed by atoms with van der Waals surface area (Å²) >= 11 is 0. The third-order valence-electron chi connectivity index (χ3n) is 3.21. The van der Waals surface area contributed by atoms with Crippen LogP contribution in [-0.2, 0) is 6.54 Å². The van der Waals surface area contributed by atoms with E-state index in [2.05, 4.69) is 31.3 Å². The number of nitrogen functional groups attached to an aromatic ring is 1. The van der Waals surface area contributed by atoms with E-state index in [0.29, 0.717) is 6.54 Å². The quantitative estimate of drug-likeness (QED) is 0.823. The first-order chi connectivity index (χ1) is 9.11. The minimum atomic E-state index is 0.698. The monoisotopic (exact) mass is 256 g/mol. The molecule has 0 aliphatic carbocycles. The molecule has 0 fully saturated rings. The lowest BCUT2D eigenvalue weighted by atomic mass is 10.0. The Kier molecular flexibility index (Phi) is 3.95. The molecule has 2 aromatic carbocycles. The summed E-state index contributed by atoms with van der Waals surface area (Å²) in [5.74, 6) is 0.916. The molecular weight excluding hydrogens is 236 g/mol. The maximum atomic E-state index is 5.92. The zero-order valence-corrected chi connectivity index (χ0v) is 11.7. The molecule has 0 amide bonds. The van der Waals surface area contributed by atoms with E-state index in [1.807, 2.05) is 24.3 Å². The summed E-state index contributed by atoms with van der Waals surface area (Å²) in [5.41, 5.74) is 11.2. The van der Waals surface area contributed by atoms with E-state index in [-0.39, 0.29) is 0 Å². The third-order valence-corrected chi connectivity index (χ3v) is 3.21. The van der Waals surface area contributed by atoms with Gasteiger partial charge in [0.2, 0.25) is 0 Å². The van der Waals surface area contributed by atoms with Crippen molar-refractivity contribution in [1.82, 2.24) is 0 Å². The summed E-state index contributed by atoms with van der Waals surface area (Å²) in [6.07, 6.45) is 0. The van der Waals surface area contributed by atoms with E-state index >= 15 is 0 Å². The van der Waals surface area contributed by atoms with Crippen LogP contribution in [0.5, 0.6) is 5.75 Å². The number of para-hydroxylation sites is 2. The van der Waals surface area contributed by atoms with Gasteiger partial charge in [-0.2, -0.15) is 0 Å². The number of ether oxygens (including phenoxy) is 1. The highest BCUT2D eigenvalue weighted by atomic mass is 16.5. The van der Waals surface area contributed by atoms with Crippen LogP contribution in [0.1, 0.15) is 16.7 Å². The van der Waals surface area contributed by atoms with Gasteiger partial charge in [0.15, 0.2) is 0 Å². The molecule has 2 aromatic rings. The van der Waals surface area contributed by atoms with Crippen molar-refractivity contribution in [1.29, 1.82) is 0 Å². The Balaban J connectivity index is 2.22. The Labute approximate surface area is 114 Å². The number of aryl methyl sites for hydroxylation is 2. The van der Waals surface area contributed by atoms with Crippen LogP contribution in [0.2, 0.25) is 0 Å². The molecule has 0 heterocycles.